The summed E-state index contributed by atoms with van der Waals surface area (Å²) >= 11 is 0. The number of ether oxygens (including phenoxy) is 2. The van der Waals surface area contributed by atoms with E-state index < -0.39 is 0 Å². The van der Waals surface area contributed by atoms with E-state index in [0.29, 0.717) is 6.61 Å². The topological polar surface area (TPSA) is 30.5 Å². The second-order valence-corrected chi connectivity index (χ2v) is 3.64. The fraction of sp³-hybridized carbons (Fsp3) is 1.00. The van der Waals surface area contributed by atoms with E-state index in [1.54, 1.807) is 7.11 Å². The first kappa shape index (κ1) is 13.9. The van der Waals surface area contributed by atoms with Crippen molar-refractivity contribution >= 4 is 0 Å². The van der Waals surface area contributed by atoms with Crippen LogP contribution in [-0.4, -0.2) is 38.5 Å². The van der Waals surface area contributed by atoms with Crippen molar-refractivity contribution in [1.82, 2.24) is 5.32 Å². The molecule has 0 fully saturated rings. The molecule has 0 spiro atoms. The Balaban J connectivity index is 4.27. The van der Waals surface area contributed by atoms with Crippen molar-refractivity contribution in [2.45, 2.75) is 45.8 Å². The van der Waals surface area contributed by atoms with Crippen molar-refractivity contribution < 1.29 is 9.47 Å². The normalized spacial score (nSPS) is 17.8. The minimum Gasteiger partial charge on any atom is -0.380 e. The van der Waals surface area contributed by atoms with E-state index in [4.69, 9.17) is 9.47 Å². The molecule has 0 amide bonds. The second-order valence-electron chi connectivity index (χ2n) is 3.64. The molecule has 0 heterocycles. The predicted molar refractivity (Wildman–Crippen MR) is 59.7 cm³/mol. The lowest BCUT2D eigenvalue weighted by Crippen LogP contribution is -2.52. The van der Waals surface area contributed by atoms with Crippen molar-refractivity contribution in [1.29, 1.82) is 0 Å². The molecule has 0 aliphatic rings. The molecule has 14 heavy (non-hydrogen) atoms. The first-order valence-electron chi connectivity index (χ1n) is 5.50. The zero-order valence-electron chi connectivity index (χ0n) is 10.2. The predicted octanol–water partition coefficient (Wildman–Crippen LogP) is 1.82. The number of likely N-dealkylation sites (N-methyl/N-ethyl adjacent to an activating group) is 1. The molecule has 0 aromatic carbocycles. The third-order valence-electron chi connectivity index (χ3n) is 2.84. The number of nitrogens with one attached hydrogen (secondary N) is 1. The van der Waals surface area contributed by atoms with Gasteiger partial charge in [0.1, 0.15) is 0 Å². The molecule has 0 aliphatic carbocycles. The van der Waals surface area contributed by atoms with Crippen LogP contribution in [0.5, 0.6) is 0 Å². The van der Waals surface area contributed by atoms with Gasteiger partial charge in [0.2, 0.25) is 0 Å². The fourth-order valence-electron chi connectivity index (χ4n) is 1.47. The monoisotopic (exact) mass is 203 g/mol. The molecule has 1 N–H and O–H groups in total. The van der Waals surface area contributed by atoms with Crippen LogP contribution in [0.3, 0.4) is 0 Å². The highest BCUT2D eigenvalue weighted by Gasteiger charge is 2.31. The van der Waals surface area contributed by atoms with Crippen LogP contribution in [0, 0.1) is 0 Å². The van der Waals surface area contributed by atoms with E-state index >= 15 is 0 Å². The average Bonchev–Trinajstić information content (AvgIpc) is 2.23. The van der Waals surface area contributed by atoms with Crippen LogP contribution in [0.25, 0.3) is 0 Å². The lowest BCUT2D eigenvalue weighted by molar-refractivity contribution is -0.0523. The number of hydrogen-bond acceptors (Lipinski definition) is 3. The Morgan fingerprint density at radius 2 is 1.93 bits per heavy atom. The van der Waals surface area contributed by atoms with E-state index in [0.717, 1.165) is 19.6 Å². The van der Waals surface area contributed by atoms with Gasteiger partial charge >= 0.3 is 0 Å². The first-order valence-corrected chi connectivity index (χ1v) is 5.50. The highest BCUT2D eigenvalue weighted by molar-refractivity contribution is 4.88. The first-order chi connectivity index (χ1) is 6.64. The van der Waals surface area contributed by atoms with Crippen LogP contribution in [0.1, 0.15) is 34.1 Å². The zero-order chi connectivity index (χ0) is 11.0. The molecule has 3 nitrogen and oxygen atoms in total. The smallest absolute Gasteiger partial charge is 0.0822 e. The molecule has 0 aromatic rings. The van der Waals surface area contributed by atoms with Crippen LogP contribution >= 0.6 is 0 Å². The third kappa shape index (κ3) is 3.95. The van der Waals surface area contributed by atoms with Gasteiger partial charge in [-0.05, 0) is 26.8 Å². The highest BCUT2D eigenvalue weighted by Crippen LogP contribution is 2.19. The summed E-state index contributed by atoms with van der Waals surface area (Å²) in [4.78, 5) is 0. The van der Waals surface area contributed by atoms with E-state index in [2.05, 4.69) is 26.1 Å². The van der Waals surface area contributed by atoms with Crippen molar-refractivity contribution in [2.24, 2.45) is 0 Å². The van der Waals surface area contributed by atoms with Gasteiger partial charge < -0.3 is 14.8 Å². The summed E-state index contributed by atoms with van der Waals surface area (Å²) in [7, 11) is 1.76. The lowest BCUT2D eigenvalue weighted by atomic mass is 9.93. The van der Waals surface area contributed by atoms with Gasteiger partial charge in [0, 0.05) is 13.7 Å². The Labute approximate surface area is 88.2 Å². The van der Waals surface area contributed by atoms with Crippen LogP contribution in [-0.2, 0) is 9.47 Å². The van der Waals surface area contributed by atoms with Gasteiger partial charge in [0.15, 0.2) is 0 Å². The van der Waals surface area contributed by atoms with E-state index in [1.807, 2.05) is 6.92 Å². The molecular weight excluding hydrogens is 178 g/mol. The van der Waals surface area contributed by atoms with Gasteiger partial charge in [-0.25, -0.2) is 0 Å². The summed E-state index contributed by atoms with van der Waals surface area (Å²) in [6.45, 7) is 10.8. The maximum atomic E-state index is 5.56. The molecule has 2 atom stereocenters. The number of hydrogen-bond donors (Lipinski definition) is 1. The van der Waals surface area contributed by atoms with Gasteiger partial charge in [-0.15, -0.1) is 0 Å². The van der Waals surface area contributed by atoms with Crippen LogP contribution in [0.4, 0.5) is 0 Å². The highest BCUT2D eigenvalue weighted by atomic mass is 16.5. The van der Waals surface area contributed by atoms with Gasteiger partial charge in [-0.1, -0.05) is 13.8 Å². The number of methoxy groups -OCH3 is 1. The van der Waals surface area contributed by atoms with Crippen molar-refractivity contribution in [2.75, 3.05) is 26.9 Å². The van der Waals surface area contributed by atoms with Crippen molar-refractivity contribution in [3.63, 3.8) is 0 Å². The summed E-state index contributed by atoms with van der Waals surface area (Å²) in [6.07, 6.45) is 0.980. The molecule has 0 aliphatic heterocycles. The van der Waals surface area contributed by atoms with E-state index in [9.17, 15) is 0 Å². The van der Waals surface area contributed by atoms with Gasteiger partial charge in [-0.3, -0.25) is 0 Å². The van der Waals surface area contributed by atoms with Gasteiger partial charge in [-0.2, -0.15) is 0 Å². The molecule has 86 valence electrons. The van der Waals surface area contributed by atoms with E-state index in [-0.39, 0.29) is 11.6 Å². The quantitative estimate of drug-likeness (QED) is 0.652. The standard InChI is InChI=1S/C11H25NO2/c1-6-11(4,13-5)10(12-7-2)9-14-8-3/h10,12H,6-9H2,1-5H3. The number of rotatable bonds is 8. The SMILES string of the molecule is CCNC(COCC)C(C)(CC)OC. The Hall–Kier alpha value is -0.120. The van der Waals surface area contributed by atoms with Crippen molar-refractivity contribution in [3.05, 3.63) is 0 Å². The summed E-state index contributed by atoms with van der Waals surface area (Å²) in [5, 5.41) is 3.41. The van der Waals surface area contributed by atoms with Crippen LogP contribution in [0.2, 0.25) is 0 Å². The zero-order valence-corrected chi connectivity index (χ0v) is 10.2. The largest absolute Gasteiger partial charge is 0.380 e. The molecular formula is C11H25NO2. The maximum Gasteiger partial charge on any atom is 0.0822 e. The average molecular weight is 203 g/mol. The Bertz CT molecular complexity index is 135. The molecule has 0 bridgehead atoms. The summed E-state index contributed by atoms with van der Waals surface area (Å²) in [5.74, 6) is 0. The Morgan fingerprint density at radius 3 is 2.29 bits per heavy atom. The van der Waals surface area contributed by atoms with Crippen molar-refractivity contribution in [3.8, 4) is 0 Å². The molecule has 0 aromatic heterocycles. The van der Waals surface area contributed by atoms with E-state index in [1.165, 1.54) is 0 Å². The second kappa shape index (κ2) is 7.21. The summed E-state index contributed by atoms with van der Waals surface area (Å²) in [5.41, 5.74) is -0.134. The Kier molecular flexibility index (Phi) is 7.15. The molecule has 0 saturated carbocycles. The van der Waals surface area contributed by atoms with Crippen LogP contribution < -0.4 is 5.32 Å². The molecule has 0 saturated heterocycles. The molecule has 3 heteroatoms. The third-order valence-corrected chi connectivity index (χ3v) is 2.84. The van der Waals surface area contributed by atoms with Crippen LogP contribution in [0.15, 0.2) is 0 Å². The Morgan fingerprint density at radius 1 is 1.29 bits per heavy atom. The minimum atomic E-state index is -0.134. The summed E-state index contributed by atoms with van der Waals surface area (Å²) < 4.78 is 11.0. The maximum absolute atomic E-state index is 5.56. The van der Waals surface area contributed by atoms with Gasteiger partial charge in [0.05, 0.1) is 18.2 Å². The van der Waals surface area contributed by atoms with Gasteiger partial charge in [0.25, 0.3) is 0 Å². The summed E-state index contributed by atoms with van der Waals surface area (Å²) in [6, 6.07) is 0.266. The lowest BCUT2D eigenvalue weighted by Gasteiger charge is -2.36. The molecule has 0 rings (SSSR count). The minimum absolute atomic E-state index is 0.134. The molecule has 2 unspecified atom stereocenters. The molecule has 0 radical (unpaired) electrons. The fourth-order valence-corrected chi connectivity index (χ4v) is 1.47.